The van der Waals surface area contributed by atoms with Gasteiger partial charge in [-0.3, -0.25) is 4.98 Å². The Morgan fingerprint density at radius 2 is 2.12 bits per heavy atom. The van der Waals surface area contributed by atoms with Crippen LogP contribution in [-0.4, -0.2) is 18.1 Å². The van der Waals surface area contributed by atoms with E-state index in [0.29, 0.717) is 0 Å². The van der Waals surface area contributed by atoms with Crippen LogP contribution in [0.25, 0.3) is 0 Å². The quantitative estimate of drug-likeness (QED) is 0.789. The fourth-order valence-corrected chi connectivity index (χ4v) is 2.62. The van der Waals surface area contributed by atoms with Crippen molar-refractivity contribution in [1.29, 1.82) is 0 Å². The van der Waals surface area contributed by atoms with Gasteiger partial charge in [-0.25, -0.2) is 0 Å². The zero-order chi connectivity index (χ0) is 11.9. The molecule has 0 atom stereocenters. The smallest absolute Gasteiger partial charge is 0.0300 e. The van der Waals surface area contributed by atoms with Crippen molar-refractivity contribution < 1.29 is 0 Å². The highest BCUT2D eigenvalue weighted by atomic mass is 14.9. The maximum absolute atomic E-state index is 4.13. The van der Waals surface area contributed by atoms with Crippen LogP contribution < -0.4 is 5.32 Å². The SMILES string of the molecule is CC1CCC(CNCCc2cccnc2)CC1. The lowest BCUT2D eigenvalue weighted by Crippen LogP contribution is -2.27. The number of nitrogens with zero attached hydrogens (tertiary/aromatic N) is 1. The van der Waals surface area contributed by atoms with Crippen molar-refractivity contribution in [2.75, 3.05) is 13.1 Å². The Hall–Kier alpha value is -0.890. The summed E-state index contributed by atoms with van der Waals surface area (Å²) in [6.07, 6.45) is 10.6. The van der Waals surface area contributed by atoms with Crippen molar-refractivity contribution in [2.45, 2.75) is 39.0 Å². The van der Waals surface area contributed by atoms with Gasteiger partial charge in [-0.2, -0.15) is 0 Å². The van der Waals surface area contributed by atoms with Crippen LogP contribution in [0.2, 0.25) is 0 Å². The minimum absolute atomic E-state index is 0.917. The van der Waals surface area contributed by atoms with E-state index in [1.165, 1.54) is 37.8 Å². The van der Waals surface area contributed by atoms with Crippen molar-refractivity contribution in [3.8, 4) is 0 Å². The number of rotatable bonds is 5. The van der Waals surface area contributed by atoms with Crippen LogP contribution in [0.15, 0.2) is 24.5 Å². The van der Waals surface area contributed by atoms with E-state index >= 15 is 0 Å². The summed E-state index contributed by atoms with van der Waals surface area (Å²) < 4.78 is 0. The fourth-order valence-electron chi connectivity index (χ4n) is 2.62. The second kappa shape index (κ2) is 6.75. The first-order valence-electron chi connectivity index (χ1n) is 6.94. The molecule has 1 saturated carbocycles. The van der Waals surface area contributed by atoms with Gasteiger partial charge in [0, 0.05) is 12.4 Å². The lowest BCUT2D eigenvalue weighted by Gasteiger charge is -2.26. The highest BCUT2D eigenvalue weighted by molar-refractivity contribution is 5.08. The Labute approximate surface area is 105 Å². The average molecular weight is 232 g/mol. The summed E-state index contributed by atoms with van der Waals surface area (Å²) in [6, 6.07) is 4.16. The number of hydrogen-bond acceptors (Lipinski definition) is 2. The summed E-state index contributed by atoms with van der Waals surface area (Å²) in [5, 5.41) is 3.59. The van der Waals surface area contributed by atoms with Crippen LogP contribution in [0.5, 0.6) is 0 Å². The molecule has 2 nitrogen and oxygen atoms in total. The molecule has 94 valence electrons. The van der Waals surface area contributed by atoms with Gasteiger partial charge in [0.15, 0.2) is 0 Å². The molecular weight excluding hydrogens is 208 g/mol. The molecule has 0 aliphatic heterocycles. The van der Waals surface area contributed by atoms with E-state index in [0.717, 1.165) is 24.8 Å². The first-order chi connectivity index (χ1) is 8.34. The van der Waals surface area contributed by atoms with Crippen molar-refractivity contribution in [1.82, 2.24) is 10.3 Å². The van der Waals surface area contributed by atoms with Gasteiger partial charge in [0.25, 0.3) is 0 Å². The molecule has 2 heteroatoms. The molecule has 1 aromatic heterocycles. The van der Waals surface area contributed by atoms with Gasteiger partial charge in [-0.15, -0.1) is 0 Å². The third-order valence-corrected chi connectivity index (χ3v) is 3.88. The largest absolute Gasteiger partial charge is 0.316 e. The van der Waals surface area contributed by atoms with Gasteiger partial charge >= 0.3 is 0 Å². The fraction of sp³-hybridized carbons (Fsp3) is 0.667. The van der Waals surface area contributed by atoms with E-state index < -0.39 is 0 Å². The molecule has 0 amide bonds. The molecule has 17 heavy (non-hydrogen) atoms. The lowest BCUT2D eigenvalue weighted by atomic mass is 9.83. The van der Waals surface area contributed by atoms with Gasteiger partial charge < -0.3 is 5.32 Å². The number of pyridine rings is 1. The summed E-state index contributed by atoms with van der Waals surface area (Å²) >= 11 is 0. The maximum Gasteiger partial charge on any atom is 0.0300 e. The molecule has 1 N–H and O–H groups in total. The van der Waals surface area contributed by atoms with Crippen molar-refractivity contribution >= 4 is 0 Å². The predicted octanol–water partition coefficient (Wildman–Crippen LogP) is 3.04. The molecule has 0 saturated heterocycles. The first-order valence-corrected chi connectivity index (χ1v) is 6.94. The van der Waals surface area contributed by atoms with Crippen LogP contribution in [0.3, 0.4) is 0 Å². The summed E-state index contributed by atoms with van der Waals surface area (Å²) in [5.41, 5.74) is 1.33. The predicted molar refractivity (Wildman–Crippen MR) is 71.9 cm³/mol. The number of aromatic nitrogens is 1. The van der Waals surface area contributed by atoms with Gasteiger partial charge in [-0.1, -0.05) is 25.8 Å². The van der Waals surface area contributed by atoms with E-state index in [2.05, 4.69) is 23.3 Å². The summed E-state index contributed by atoms with van der Waals surface area (Å²) in [4.78, 5) is 4.13. The zero-order valence-electron chi connectivity index (χ0n) is 10.9. The normalized spacial score (nSPS) is 24.8. The summed E-state index contributed by atoms with van der Waals surface area (Å²) in [6.45, 7) is 4.66. The molecule has 1 aliphatic carbocycles. The molecule has 1 fully saturated rings. The minimum Gasteiger partial charge on any atom is -0.316 e. The molecule has 1 heterocycles. The van der Waals surface area contributed by atoms with Crippen molar-refractivity contribution in [3.63, 3.8) is 0 Å². The van der Waals surface area contributed by atoms with Crippen LogP contribution in [0.4, 0.5) is 0 Å². The maximum atomic E-state index is 4.13. The van der Waals surface area contributed by atoms with Crippen LogP contribution in [-0.2, 0) is 6.42 Å². The molecule has 2 rings (SSSR count). The second-order valence-corrected chi connectivity index (χ2v) is 5.44. The Kier molecular flexibility index (Phi) is 4.99. The molecule has 0 radical (unpaired) electrons. The van der Waals surface area contributed by atoms with Gasteiger partial charge in [0.1, 0.15) is 0 Å². The van der Waals surface area contributed by atoms with Crippen LogP contribution >= 0.6 is 0 Å². The monoisotopic (exact) mass is 232 g/mol. The molecular formula is C15H24N2. The Morgan fingerprint density at radius 3 is 2.82 bits per heavy atom. The number of hydrogen-bond donors (Lipinski definition) is 1. The topological polar surface area (TPSA) is 24.9 Å². The van der Waals surface area contributed by atoms with Gasteiger partial charge in [-0.05, 0) is 55.8 Å². The first kappa shape index (κ1) is 12.6. The Balaban J connectivity index is 1.57. The lowest BCUT2D eigenvalue weighted by molar-refractivity contribution is 0.282. The van der Waals surface area contributed by atoms with E-state index in [1.54, 1.807) is 0 Å². The summed E-state index contributed by atoms with van der Waals surface area (Å²) in [5.74, 6) is 1.88. The molecule has 1 aromatic rings. The van der Waals surface area contributed by atoms with Crippen LogP contribution in [0, 0.1) is 11.8 Å². The highest BCUT2D eigenvalue weighted by Crippen LogP contribution is 2.27. The minimum atomic E-state index is 0.917. The standard InChI is InChI=1S/C15H24N2/c1-13-4-6-15(7-5-13)12-17-10-8-14-3-2-9-16-11-14/h2-3,9,11,13,15,17H,4-8,10,12H2,1H3. The molecule has 0 unspecified atom stereocenters. The van der Waals surface area contributed by atoms with E-state index in [1.807, 2.05) is 18.5 Å². The third-order valence-electron chi connectivity index (χ3n) is 3.88. The Bertz CT molecular complexity index is 302. The summed E-state index contributed by atoms with van der Waals surface area (Å²) in [7, 11) is 0. The molecule has 1 aliphatic rings. The molecule has 0 bridgehead atoms. The third kappa shape index (κ3) is 4.47. The molecule has 0 spiro atoms. The van der Waals surface area contributed by atoms with Crippen LogP contribution in [0.1, 0.15) is 38.2 Å². The van der Waals surface area contributed by atoms with E-state index in [9.17, 15) is 0 Å². The van der Waals surface area contributed by atoms with Gasteiger partial charge in [0.2, 0.25) is 0 Å². The van der Waals surface area contributed by atoms with E-state index in [4.69, 9.17) is 0 Å². The van der Waals surface area contributed by atoms with E-state index in [-0.39, 0.29) is 0 Å². The molecule has 0 aromatic carbocycles. The highest BCUT2D eigenvalue weighted by Gasteiger charge is 2.17. The Morgan fingerprint density at radius 1 is 1.29 bits per heavy atom. The van der Waals surface area contributed by atoms with Crippen molar-refractivity contribution in [3.05, 3.63) is 30.1 Å². The number of nitrogens with one attached hydrogen (secondary N) is 1. The zero-order valence-corrected chi connectivity index (χ0v) is 10.9. The second-order valence-electron chi connectivity index (χ2n) is 5.44. The van der Waals surface area contributed by atoms with Crippen molar-refractivity contribution in [2.24, 2.45) is 11.8 Å². The average Bonchev–Trinajstić information content (AvgIpc) is 2.38. The van der Waals surface area contributed by atoms with Gasteiger partial charge in [0.05, 0.1) is 0 Å².